The molecule has 0 rings (SSSR count). The van der Waals surface area contributed by atoms with Crippen molar-refractivity contribution >= 4 is 0 Å². The van der Waals surface area contributed by atoms with E-state index in [0.29, 0.717) is 6.42 Å². The largest absolute Gasteiger partial charge is 0.416 e. The van der Waals surface area contributed by atoms with E-state index in [9.17, 15) is 13.2 Å². The highest BCUT2D eigenvalue weighted by Crippen LogP contribution is 2.33. The topological polar surface area (TPSA) is 20.2 Å². The van der Waals surface area contributed by atoms with Crippen LogP contribution in [0, 0.1) is 0 Å². The van der Waals surface area contributed by atoms with E-state index in [1.807, 2.05) is 6.92 Å². The summed E-state index contributed by atoms with van der Waals surface area (Å²) >= 11 is 0. The average Bonchev–Trinajstić information content (AvgIpc) is 1.85. The third-order valence-electron chi connectivity index (χ3n) is 1.88. The van der Waals surface area contributed by atoms with E-state index in [-0.39, 0.29) is 6.42 Å². The predicted octanol–water partition coefficient (Wildman–Crippen LogP) is 2.88. The van der Waals surface area contributed by atoms with Gasteiger partial charge in [0.05, 0.1) is 0 Å². The van der Waals surface area contributed by atoms with E-state index in [1.54, 1.807) is 0 Å². The predicted molar refractivity (Wildman–Crippen MR) is 40.8 cm³/mol. The van der Waals surface area contributed by atoms with Gasteiger partial charge in [-0.05, 0) is 13.3 Å². The van der Waals surface area contributed by atoms with Crippen molar-refractivity contribution in [2.24, 2.45) is 0 Å². The Morgan fingerprint density at radius 2 is 1.67 bits per heavy atom. The Hall–Kier alpha value is -0.250. The van der Waals surface area contributed by atoms with Gasteiger partial charge in [0.15, 0.2) is 5.60 Å². The van der Waals surface area contributed by atoms with Crippen LogP contribution in [0.3, 0.4) is 0 Å². The molecule has 0 aliphatic carbocycles. The molecule has 1 unspecified atom stereocenters. The lowest BCUT2D eigenvalue weighted by Gasteiger charge is -2.25. The number of aliphatic hydroxyl groups is 1. The molecule has 0 amide bonds. The van der Waals surface area contributed by atoms with Gasteiger partial charge in [0.2, 0.25) is 0 Å². The molecule has 74 valence electrons. The molecule has 0 saturated heterocycles. The molecule has 0 bridgehead atoms. The second kappa shape index (κ2) is 4.12. The van der Waals surface area contributed by atoms with Gasteiger partial charge in [-0.2, -0.15) is 13.2 Å². The summed E-state index contributed by atoms with van der Waals surface area (Å²) in [6.45, 7) is 2.73. The SMILES string of the molecule is CCCCCC(C)(O)C(F)(F)F. The van der Waals surface area contributed by atoms with Crippen LogP contribution in [0.15, 0.2) is 0 Å². The van der Waals surface area contributed by atoms with Gasteiger partial charge in [0.25, 0.3) is 0 Å². The fourth-order valence-electron chi connectivity index (χ4n) is 0.861. The van der Waals surface area contributed by atoms with Gasteiger partial charge in [-0.3, -0.25) is 0 Å². The summed E-state index contributed by atoms with van der Waals surface area (Å²) in [6, 6.07) is 0. The summed E-state index contributed by atoms with van der Waals surface area (Å²) in [5.41, 5.74) is -2.51. The summed E-state index contributed by atoms with van der Waals surface area (Å²) < 4.78 is 36.0. The maximum absolute atomic E-state index is 12.0. The molecule has 0 aliphatic rings. The van der Waals surface area contributed by atoms with Crippen molar-refractivity contribution in [2.45, 2.75) is 51.3 Å². The van der Waals surface area contributed by atoms with Crippen LogP contribution in [0.4, 0.5) is 13.2 Å². The van der Waals surface area contributed by atoms with Gasteiger partial charge in [0.1, 0.15) is 0 Å². The van der Waals surface area contributed by atoms with Gasteiger partial charge in [-0.1, -0.05) is 26.2 Å². The van der Waals surface area contributed by atoms with Crippen LogP contribution in [0.25, 0.3) is 0 Å². The van der Waals surface area contributed by atoms with Crippen LogP contribution in [0.5, 0.6) is 0 Å². The summed E-state index contributed by atoms with van der Waals surface area (Å²) in [5, 5.41) is 8.95. The molecule has 0 saturated carbocycles. The Balaban J connectivity index is 3.88. The first-order valence-electron chi connectivity index (χ1n) is 4.10. The third-order valence-corrected chi connectivity index (χ3v) is 1.88. The maximum Gasteiger partial charge on any atom is 0.416 e. The number of alkyl halides is 3. The molecule has 0 aliphatic heterocycles. The number of unbranched alkanes of at least 4 members (excludes halogenated alkanes) is 2. The zero-order valence-corrected chi connectivity index (χ0v) is 7.41. The Kier molecular flexibility index (Phi) is 4.03. The third kappa shape index (κ3) is 3.43. The van der Waals surface area contributed by atoms with E-state index < -0.39 is 11.8 Å². The Morgan fingerprint density at radius 3 is 2.00 bits per heavy atom. The van der Waals surface area contributed by atoms with Gasteiger partial charge < -0.3 is 5.11 Å². The molecule has 0 heterocycles. The molecule has 1 atom stereocenters. The summed E-state index contributed by atoms with van der Waals surface area (Å²) in [4.78, 5) is 0. The molecule has 0 aromatic carbocycles. The molecule has 1 N–H and O–H groups in total. The highest BCUT2D eigenvalue weighted by atomic mass is 19.4. The molecule has 0 radical (unpaired) electrons. The molecule has 4 heteroatoms. The lowest BCUT2D eigenvalue weighted by Crippen LogP contribution is -2.41. The monoisotopic (exact) mass is 184 g/mol. The first-order chi connectivity index (χ1) is 5.31. The number of hydrogen-bond donors (Lipinski definition) is 1. The standard InChI is InChI=1S/C8H15F3O/c1-3-4-5-6-7(2,12)8(9,10)11/h12H,3-6H2,1-2H3. The zero-order valence-electron chi connectivity index (χ0n) is 7.41. The first-order valence-corrected chi connectivity index (χ1v) is 4.10. The first kappa shape index (κ1) is 11.8. The molecular weight excluding hydrogens is 169 g/mol. The summed E-state index contributed by atoms with van der Waals surface area (Å²) in [7, 11) is 0. The van der Waals surface area contributed by atoms with Crippen molar-refractivity contribution in [3.8, 4) is 0 Å². The average molecular weight is 184 g/mol. The normalized spacial score (nSPS) is 17.5. The molecule has 0 aromatic rings. The smallest absolute Gasteiger partial charge is 0.381 e. The lowest BCUT2D eigenvalue weighted by molar-refractivity contribution is -0.255. The number of halogens is 3. The lowest BCUT2D eigenvalue weighted by atomic mass is 9.98. The van der Waals surface area contributed by atoms with E-state index in [2.05, 4.69) is 0 Å². The van der Waals surface area contributed by atoms with E-state index in [1.165, 1.54) is 0 Å². The molecule has 1 nitrogen and oxygen atoms in total. The van der Waals surface area contributed by atoms with Crippen molar-refractivity contribution in [1.82, 2.24) is 0 Å². The molecule has 0 spiro atoms. The van der Waals surface area contributed by atoms with Gasteiger partial charge >= 0.3 is 6.18 Å². The van der Waals surface area contributed by atoms with Crippen LogP contribution < -0.4 is 0 Å². The molecule has 0 fully saturated rings. The van der Waals surface area contributed by atoms with Crippen LogP contribution >= 0.6 is 0 Å². The summed E-state index contributed by atoms with van der Waals surface area (Å²) in [6.07, 6.45) is -2.70. The van der Waals surface area contributed by atoms with Gasteiger partial charge in [0, 0.05) is 0 Å². The van der Waals surface area contributed by atoms with Crippen LogP contribution in [0.1, 0.15) is 39.5 Å². The zero-order chi connectivity index (χ0) is 9.83. The fraction of sp³-hybridized carbons (Fsp3) is 1.00. The second-order valence-electron chi connectivity index (χ2n) is 3.23. The van der Waals surface area contributed by atoms with Crippen LogP contribution in [-0.4, -0.2) is 16.9 Å². The Labute approximate surface area is 70.6 Å². The van der Waals surface area contributed by atoms with Gasteiger partial charge in [-0.15, -0.1) is 0 Å². The van der Waals surface area contributed by atoms with Crippen molar-refractivity contribution in [2.75, 3.05) is 0 Å². The molecular formula is C8H15F3O. The summed E-state index contributed by atoms with van der Waals surface area (Å²) in [5.74, 6) is 0. The highest BCUT2D eigenvalue weighted by molar-refractivity contribution is 4.80. The minimum Gasteiger partial charge on any atom is -0.381 e. The van der Waals surface area contributed by atoms with E-state index in [4.69, 9.17) is 5.11 Å². The number of hydrogen-bond acceptors (Lipinski definition) is 1. The number of rotatable bonds is 4. The van der Waals surface area contributed by atoms with E-state index >= 15 is 0 Å². The van der Waals surface area contributed by atoms with Crippen molar-refractivity contribution in [1.29, 1.82) is 0 Å². The Bertz CT molecular complexity index is 129. The Morgan fingerprint density at radius 1 is 1.17 bits per heavy atom. The molecule has 12 heavy (non-hydrogen) atoms. The van der Waals surface area contributed by atoms with Crippen molar-refractivity contribution in [3.63, 3.8) is 0 Å². The minimum atomic E-state index is -4.50. The van der Waals surface area contributed by atoms with Crippen molar-refractivity contribution in [3.05, 3.63) is 0 Å². The maximum atomic E-state index is 12.0. The quantitative estimate of drug-likeness (QED) is 0.666. The van der Waals surface area contributed by atoms with Crippen LogP contribution in [-0.2, 0) is 0 Å². The molecule has 0 aromatic heterocycles. The second-order valence-corrected chi connectivity index (χ2v) is 3.23. The van der Waals surface area contributed by atoms with E-state index in [0.717, 1.165) is 19.8 Å². The highest BCUT2D eigenvalue weighted by Gasteiger charge is 2.48. The fourth-order valence-corrected chi connectivity index (χ4v) is 0.861. The van der Waals surface area contributed by atoms with Crippen molar-refractivity contribution < 1.29 is 18.3 Å². The minimum absolute atomic E-state index is 0.204. The van der Waals surface area contributed by atoms with Gasteiger partial charge in [-0.25, -0.2) is 0 Å². The van der Waals surface area contributed by atoms with Crippen LogP contribution in [0.2, 0.25) is 0 Å².